The fourth-order valence-corrected chi connectivity index (χ4v) is 7.58. The van der Waals surface area contributed by atoms with Crippen LogP contribution in [0.15, 0.2) is 47.1 Å². The van der Waals surface area contributed by atoms with Crippen molar-refractivity contribution in [3.63, 3.8) is 0 Å². The second-order valence-corrected chi connectivity index (χ2v) is 11.6. The Morgan fingerprint density at radius 2 is 1.91 bits per heavy atom. The van der Waals surface area contributed by atoms with Gasteiger partial charge in [-0.2, -0.15) is 0 Å². The molecule has 4 aliphatic rings. The van der Waals surface area contributed by atoms with Crippen LogP contribution in [0.5, 0.6) is 0 Å². The van der Waals surface area contributed by atoms with Crippen LogP contribution in [0.25, 0.3) is 16.6 Å². The van der Waals surface area contributed by atoms with Crippen molar-refractivity contribution < 1.29 is 10.2 Å². The van der Waals surface area contributed by atoms with Gasteiger partial charge >= 0.3 is 0 Å². The minimum absolute atomic E-state index is 0.0847. The van der Waals surface area contributed by atoms with Crippen LogP contribution < -0.4 is 5.32 Å². The van der Waals surface area contributed by atoms with Gasteiger partial charge in [-0.05, 0) is 108 Å². The maximum absolute atomic E-state index is 12.3. The number of fused-ring (bicyclic) bond motifs is 5. The summed E-state index contributed by atoms with van der Waals surface area (Å²) in [5, 5.41) is 25.3. The van der Waals surface area contributed by atoms with Crippen LogP contribution in [0.4, 0.5) is 0 Å². The number of benzene rings is 1. The van der Waals surface area contributed by atoms with Crippen LogP contribution in [0, 0.1) is 24.2 Å². The minimum atomic E-state index is -0.792. The highest BCUT2D eigenvalue weighted by Gasteiger charge is 2.57. The van der Waals surface area contributed by atoms with E-state index >= 15 is 0 Å². The third-order valence-corrected chi connectivity index (χ3v) is 9.04. The molecular formula is C30H41N3O2. The predicted octanol–water partition coefficient (Wildman–Crippen LogP) is 5.45. The zero-order valence-electron chi connectivity index (χ0n) is 21.9. The summed E-state index contributed by atoms with van der Waals surface area (Å²) in [4.78, 5) is 7.94. The van der Waals surface area contributed by atoms with Crippen molar-refractivity contribution in [1.29, 1.82) is 0 Å². The summed E-state index contributed by atoms with van der Waals surface area (Å²) >= 11 is 0. The number of nitrogens with one attached hydrogen (secondary N) is 2. The molecule has 1 saturated carbocycles. The molecule has 1 aromatic carbocycles. The first-order chi connectivity index (χ1) is 16.7. The number of hydrogen-bond acceptors (Lipinski definition) is 4. The number of allylic oxidation sites excluding steroid dienone is 3. The van der Waals surface area contributed by atoms with Crippen LogP contribution in [-0.2, 0) is 0 Å². The lowest BCUT2D eigenvalue weighted by Crippen LogP contribution is -2.49. The van der Waals surface area contributed by atoms with E-state index in [2.05, 4.69) is 59.5 Å². The van der Waals surface area contributed by atoms with Gasteiger partial charge in [0.25, 0.3) is 0 Å². The van der Waals surface area contributed by atoms with E-state index in [1.165, 1.54) is 22.3 Å². The molecule has 1 fully saturated rings. The Hall–Kier alpha value is -2.21. The van der Waals surface area contributed by atoms with E-state index in [4.69, 9.17) is 0 Å². The molecule has 0 saturated heterocycles. The van der Waals surface area contributed by atoms with Gasteiger partial charge in [0.15, 0.2) is 0 Å². The summed E-state index contributed by atoms with van der Waals surface area (Å²) in [6.07, 6.45) is 10.9. The Labute approximate surface area is 209 Å². The number of nitrogens with zero attached hydrogens (tertiary/aromatic N) is 1. The number of aliphatic hydroxyl groups is 2. The number of aliphatic hydroxyl groups excluding tert-OH is 1. The number of aromatic nitrogens is 2. The number of aromatic amines is 1. The maximum atomic E-state index is 12.3. The zero-order chi connectivity index (χ0) is 25.0. The van der Waals surface area contributed by atoms with Crippen molar-refractivity contribution in [2.24, 2.45) is 17.3 Å². The molecule has 0 radical (unpaired) electrons. The number of rotatable bonds is 1. The van der Waals surface area contributed by atoms with Gasteiger partial charge < -0.3 is 20.5 Å². The maximum Gasteiger partial charge on any atom is 0.104 e. The molecule has 188 valence electrons. The van der Waals surface area contributed by atoms with Crippen molar-refractivity contribution in [2.75, 3.05) is 14.1 Å². The van der Waals surface area contributed by atoms with Crippen LogP contribution in [0.2, 0.25) is 0 Å². The second-order valence-electron chi connectivity index (χ2n) is 11.6. The number of H-pyrrole nitrogens is 1. The number of imidazole rings is 1. The third-order valence-electron chi connectivity index (χ3n) is 9.04. The molecule has 0 spiro atoms. The SMILES string of the molecule is CC1=C2C=C3CC(O)CCC3CC[C@]2(O)C2CC=C(c3ccc4nc(C)[nH]c4c3)C2(C)C1.CNC. The van der Waals surface area contributed by atoms with E-state index in [1.807, 2.05) is 21.0 Å². The van der Waals surface area contributed by atoms with E-state index in [0.29, 0.717) is 5.92 Å². The Kier molecular flexibility index (Phi) is 6.31. The third kappa shape index (κ3) is 4.02. The van der Waals surface area contributed by atoms with Gasteiger partial charge in [0, 0.05) is 11.3 Å². The van der Waals surface area contributed by atoms with Crippen molar-refractivity contribution in [3.05, 3.63) is 58.5 Å². The topological polar surface area (TPSA) is 81.2 Å². The first-order valence-corrected chi connectivity index (χ1v) is 13.3. The van der Waals surface area contributed by atoms with Gasteiger partial charge in [-0.15, -0.1) is 0 Å². The van der Waals surface area contributed by atoms with Crippen LogP contribution >= 0.6 is 0 Å². The summed E-state index contributed by atoms with van der Waals surface area (Å²) in [5.74, 6) is 1.64. The molecule has 0 amide bonds. The Balaban J connectivity index is 0.000000806. The molecule has 2 aromatic rings. The van der Waals surface area contributed by atoms with Crippen molar-refractivity contribution in [3.8, 4) is 0 Å². The molecule has 4 unspecified atom stereocenters. The van der Waals surface area contributed by atoms with E-state index in [1.54, 1.807) is 0 Å². The first-order valence-electron chi connectivity index (χ1n) is 13.3. The second kappa shape index (κ2) is 9.02. The lowest BCUT2D eigenvalue weighted by Gasteiger charge is -2.50. The smallest absolute Gasteiger partial charge is 0.104 e. The first kappa shape index (κ1) is 24.5. The van der Waals surface area contributed by atoms with Gasteiger partial charge in [0.1, 0.15) is 5.82 Å². The van der Waals surface area contributed by atoms with E-state index in [-0.39, 0.29) is 17.4 Å². The molecule has 4 aliphatic carbocycles. The highest BCUT2D eigenvalue weighted by molar-refractivity contribution is 5.83. The highest BCUT2D eigenvalue weighted by atomic mass is 16.3. The number of aryl methyl sites for hydroxylation is 1. The largest absolute Gasteiger partial charge is 0.393 e. The standard InChI is InChI=1S/C28H34N2O2.C2H7N/c1-16-15-27(3)22(19-5-8-24-25(14-19)30-17(2)29-24)7-9-26(27)28(32)11-10-18-4-6-21(31)12-20(18)13-23(16)28;1-3-2/h5,7-8,13-14,18,21,26,31-32H,4,6,9-12,15H2,1-3H3,(H,29,30);3H,1-2H3/t18?,21?,26?,27?,28-;/m1./s1. The summed E-state index contributed by atoms with van der Waals surface area (Å²) in [7, 11) is 3.75. The van der Waals surface area contributed by atoms with Gasteiger partial charge in [-0.25, -0.2) is 4.98 Å². The van der Waals surface area contributed by atoms with Gasteiger partial charge in [0.05, 0.1) is 22.7 Å². The van der Waals surface area contributed by atoms with Crippen molar-refractivity contribution in [1.82, 2.24) is 15.3 Å². The number of hydrogen-bond donors (Lipinski definition) is 4. The minimum Gasteiger partial charge on any atom is -0.393 e. The Morgan fingerprint density at radius 1 is 1.14 bits per heavy atom. The van der Waals surface area contributed by atoms with Crippen molar-refractivity contribution in [2.45, 2.75) is 77.4 Å². The quantitative estimate of drug-likeness (QED) is 0.442. The highest BCUT2D eigenvalue weighted by Crippen LogP contribution is 2.62. The molecule has 4 N–H and O–H groups in total. The summed E-state index contributed by atoms with van der Waals surface area (Å²) < 4.78 is 0. The molecule has 5 heteroatoms. The van der Waals surface area contributed by atoms with Crippen LogP contribution in [0.3, 0.4) is 0 Å². The molecule has 0 aliphatic heterocycles. The fourth-order valence-electron chi connectivity index (χ4n) is 7.58. The monoisotopic (exact) mass is 475 g/mol. The summed E-state index contributed by atoms with van der Waals surface area (Å²) in [5.41, 5.74) is 7.65. The normalized spacial score (nSPS) is 34.2. The Morgan fingerprint density at radius 3 is 2.69 bits per heavy atom. The van der Waals surface area contributed by atoms with Gasteiger partial charge in [-0.3, -0.25) is 0 Å². The predicted molar refractivity (Wildman–Crippen MR) is 143 cm³/mol. The molecule has 1 heterocycles. The lowest BCUT2D eigenvalue weighted by molar-refractivity contribution is -0.0354. The van der Waals surface area contributed by atoms with E-state index < -0.39 is 5.60 Å². The average Bonchev–Trinajstić information content (AvgIpc) is 3.30. The summed E-state index contributed by atoms with van der Waals surface area (Å²) in [6, 6.07) is 6.55. The van der Waals surface area contributed by atoms with Crippen molar-refractivity contribution >= 4 is 16.6 Å². The van der Waals surface area contributed by atoms with Crippen LogP contribution in [0.1, 0.15) is 70.2 Å². The van der Waals surface area contributed by atoms with Gasteiger partial charge in [0.2, 0.25) is 0 Å². The molecular weight excluding hydrogens is 434 g/mol. The zero-order valence-corrected chi connectivity index (χ0v) is 21.9. The van der Waals surface area contributed by atoms with Gasteiger partial charge in [-0.1, -0.05) is 36.3 Å². The fraction of sp³-hybridized carbons (Fsp3) is 0.567. The Bertz CT molecular complexity index is 1220. The molecule has 1 aromatic heterocycles. The lowest BCUT2D eigenvalue weighted by atomic mass is 9.56. The molecule has 35 heavy (non-hydrogen) atoms. The molecule has 5 atom stereocenters. The molecule has 6 rings (SSSR count). The molecule has 5 nitrogen and oxygen atoms in total. The average molecular weight is 476 g/mol. The summed E-state index contributed by atoms with van der Waals surface area (Å²) in [6.45, 7) is 6.58. The molecule has 0 bridgehead atoms. The van der Waals surface area contributed by atoms with E-state index in [9.17, 15) is 10.2 Å². The van der Waals surface area contributed by atoms with E-state index in [0.717, 1.165) is 67.4 Å². The van der Waals surface area contributed by atoms with Crippen LogP contribution in [-0.4, -0.2) is 46.0 Å².